The van der Waals surface area contributed by atoms with Gasteiger partial charge in [0.2, 0.25) is 0 Å². The Hall–Kier alpha value is -2.37. The Labute approximate surface area is 110 Å². The average molecular weight is 261 g/mol. The van der Waals surface area contributed by atoms with Crippen LogP contribution in [0.1, 0.15) is 22.3 Å². The zero-order valence-electron chi connectivity index (χ0n) is 10.6. The zero-order valence-corrected chi connectivity index (χ0v) is 10.6. The predicted molar refractivity (Wildman–Crippen MR) is 71.7 cm³/mol. The van der Waals surface area contributed by atoms with Gasteiger partial charge in [-0.15, -0.1) is 0 Å². The molecule has 1 amide bonds. The van der Waals surface area contributed by atoms with Crippen molar-refractivity contribution in [3.63, 3.8) is 0 Å². The number of hydrogen-bond acceptors (Lipinski definition) is 4. The van der Waals surface area contributed by atoms with E-state index >= 15 is 0 Å². The first kappa shape index (κ1) is 13.1. The summed E-state index contributed by atoms with van der Waals surface area (Å²) in [6.45, 7) is 3.15. The lowest BCUT2D eigenvalue weighted by molar-refractivity contribution is -0.110. The summed E-state index contributed by atoms with van der Waals surface area (Å²) in [5, 5.41) is 14.5. The number of anilines is 1. The molecule has 0 aromatic heterocycles. The standard InChI is InChI=1S/C13H15N3O3/c1-8-3-4-9(13(18)19)7-10(8)16-12(17)11-14-5-2-6-15-11/h3-4,7H,2,5-6H2,1H3,(H,14,15)(H,16,17)(H,18,19). The second-order valence-corrected chi connectivity index (χ2v) is 4.30. The smallest absolute Gasteiger partial charge is 0.335 e. The van der Waals surface area contributed by atoms with Crippen molar-refractivity contribution in [2.45, 2.75) is 13.3 Å². The van der Waals surface area contributed by atoms with Crippen molar-refractivity contribution in [1.82, 2.24) is 5.32 Å². The minimum Gasteiger partial charge on any atom is -0.478 e. The number of aliphatic imine (C=N–C) groups is 1. The molecule has 0 radical (unpaired) electrons. The molecule has 3 N–H and O–H groups in total. The molecule has 2 rings (SSSR count). The Morgan fingerprint density at radius 2 is 2.21 bits per heavy atom. The first-order valence-electron chi connectivity index (χ1n) is 6.01. The molecule has 6 nitrogen and oxygen atoms in total. The maximum absolute atomic E-state index is 11.9. The van der Waals surface area contributed by atoms with Crippen LogP contribution in [0.25, 0.3) is 0 Å². The third kappa shape index (κ3) is 3.09. The maximum Gasteiger partial charge on any atom is 0.335 e. The molecule has 0 saturated heterocycles. The average Bonchev–Trinajstić information content (AvgIpc) is 2.42. The highest BCUT2D eigenvalue weighted by molar-refractivity contribution is 6.42. The third-order valence-corrected chi connectivity index (χ3v) is 2.85. The minimum absolute atomic E-state index is 0.138. The molecule has 1 aliphatic heterocycles. The van der Waals surface area contributed by atoms with Gasteiger partial charge >= 0.3 is 5.97 Å². The molecule has 100 valence electrons. The highest BCUT2D eigenvalue weighted by atomic mass is 16.4. The molecule has 19 heavy (non-hydrogen) atoms. The predicted octanol–water partition coefficient (Wildman–Crippen LogP) is 1.02. The number of aromatic carboxylic acids is 1. The van der Waals surface area contributed by atoms with Gasteiger partial charge in [-0.1, -0.05) is 6.07 Å². The molecule has 0 atom stereocenters. The van der Waals surface area contributed by atoms with Gasteiger partial charge in [-0.2, -0.15) is 0 Å². The number of amides is 1. The number of benzene rings is 1. The van der Waals surface area contributed by atoms with Crippen molar-refractivity contribution in [2.75, 3.05) is 18.4 Å². The molecule has 0 fully saturated rings. The van der Waals surface area contributed by atoms with Crippen LogP contribution in [-0.2, 0) is 4.79 Å². The molecule has 1 aromatic carbocycles. The van der Waals surface area contributed by atoms with Gasteiger partial charge in [0.15, 0.2) is 5.84 Å². The molecule has 0 spiro atoms. The van der Waals surface area contributed by atoms with Gasteiger partial charge in [-0.05, 0) is 31.0 Å². The van der Waals surface area contributed by atoms with Gasteiger partial charge < -0.3 is 15.7 Å². The van der Waals surface area contributed by atoms with Crippen LogP contribution in [0.3, 0.4) is 0 Å². The van der Waals surface area contributed by atoms with Crippen molar-refractivity contribution < 1.29 is 14.7 Å². The number of aryl methyl sites for hydroxylation is 1. The number of amidine groups is 1. The second kappa shape index (κ2) is 5.51. The summed E-state index contributed by atoms with van der Waals surface area (Å²) >= 11 is 0. The Balaban J connectivity index is 2.18. The highest BCUT2D eigenvalue weighted by Gasteiger charge is 2.15. The lowest BCUT2D eigenvalue weighted by Gasteiger charge is -2.15. The summed E-state index contributed by atoms with van der Waals surface area (Å²) in [7, 11) is 0. The van der Waals surface area contributed by atoms with Crippen LogP contribution in [0, 0.1) is 6.92 Å². The van der Waals surface area contributed by atoms with E-state index in [2.05, 4.69) is 15.6 Å². The number of hydrogen-bond donors (Lipinski definition) is 3. The summed E-state index contributed by atoms with van der Waals surface area (Å²) in [5.41, 5.74) is 1.43. The number of carbonyl (C=O) groups is 2. The van der Waals surface area contributed by atoms with Gasteiger partial charge in [-0.25, -0.2) is 4.79 Å². The van der Waals surface area contributed by atoms with Crippen molar-refractivity contribution in [1.29, 1.82) is 0 Å². The maximum atomic E-state index is 11.9. The summed E-state index contributed by atoms with van der Waals surface area (Å²) in [6.07, 6.45) is 0.907. The Bertz CT molecular complexity index is 552. The van der Waals surface area contributed by atoms with Gasteiger partial charge in [0.1, 0.15) is 0 Å². The van der Waals surface area contributed by atoms with E-state index in [1.807, 2.05) is 0 Å². The van der Waals surface area contributed by atoms with Crippen molar-refractivity contribution >= 4 is 23.4 Å². The van der Waals surface area contributed by atoms with Crippen molar-refractivity contribution in [2.24, 2.45) is 4.99 Å². The fraction of sp³-hybridized carbons (Fsp3) is 0.308. The van der Waals surface area contributed by atoms with E-state index in [1.54, 1.807) is 13.0 Å². The molecule has 0 bridgehead atoms. The lowest BCUT2D eigenvalue weighted by Crippen LogP contribution is -2.39. The summed E-state index contributed by atoms with van der Waals surface area (Å²) in [6, 6.07) is 4.61. The van der Waals surface area contributed by atoms with E-state index in [4.69, 9.17) is 5.11 Å². The summed E-state index contributed by atoms with van der Waals surface area (Å²) in [5.74, 6) is -1.07. The number of carbonyl (C=O) groups excluding carboxylic acids is 1. The van der Waals surface area contributed by atoms with E-state index < -0.39 is 5.97 Å². The van der Waals surface area contributed by atoms with Crippen molar-refractivity contribution in [3.05, 3.63) is 29.3 Å². The third-order valence-electron chi connectivity index (χ3n) is 2.85. The molecular weight excluding hydrogens is 246 g/mol. The number of nitrogens with one attached hydrogen (secondary N) is 2. The van der Waals surface area contributed by atoms with Crippen molar-refractivity contribution in [3.8, 4) is 0 Å². The van der Waals surface area contributed by atoms with E-state index in [9.17, 15) is 9.59 Å². The van der Waals surface area contributed by atoms with Gasteiger partial charge in [-0.3, -0.25) is 9.79 Å². The molecule has 1 aliphatic rings. The second-order valence-electron chi connectivity index (χ2n) is 4.30. The number of rotatable bonds is 3. The van der Waals surface area contributed by atoms with E-state index in [0.717, 1.165) is 18.5 Å². The van der Waals surface area contributed by atoms with Gasteiger partial charge in [0.25, 0.3) is 5.91 Å². The molecule has 0 unspecified atom stereocenters. The van der Waals surface area contributed by atoms with Crippen LogP contribution in [0.2, 0.25) is 0 Å². The molecule has 1 aromatic rings. The monoisotopic (exact) mass is 261 g/mol. The van der Waals surface area contributed by atoms with E-state index in [0.29, 0.717) is 18.1 Å². The van der Waals surface area contributed by atoms with Crippen LogP contribution in [0.4, 0.5) is 5.69 Å². The fourth-order valence-electron chi connectivity index (χ4n) is 1.76. The SMILES string of the molecule is Cc1ccc(C(=O)O)cc1NC(=O)C1=NCCCN1. The van der Waals surface area contributed by atoms with Crippen LogP contribution in [-0.4, -0.2) is 35.9 Å². The molecule has 0 aliphatic carbocycles. The highest BCUT2D eigenvalue weighted by Crippen LogP contribution is 2.17. The summed E-state index contributed by atoms with van der Waals surface area (Å²) < 4.78 is 0. The quantitative estimate of drug-likeness (QED) is 0.757. The molecule has 0 saturated carbocycles. The first-order valence-corrected chi connectivity index (χ1v) is 6.01. The van der Waals surface area contributed by atoms with Crippen LogP contribution in [0.15, 0.2) is 23.2 Å². The van der Waals surface area contributed by atoms with E-state index in [1.165, 1.54) is 12.1 Å². The molecule has 6 heteroatoms. The lowest BCUT2D eigenvalue weighted by atomic mass is 10.1. The Kier molecular flexibility index (Phi) is 3.79. The zero-order chi connectivity index (χ0) is 13.8. The summed E-state index contributed by atoms with van der Waals surface area (Å²) in [4.78, 5) is 26.9. The van der Waals surface area contributed by atoms with Crippen LogP contribution < -0.4 is 10.6 Å². The largest absolute Gasteiger partial charge is 0.478 e. The van der Waals surface area contributed by atoms with Gasteiger partial charge in [0.05, 0.1) is 5.56 Å². The first-order chi connectivity index (χ1) is 9.08. The number of carboxylic acids is 1. The minimum atomic E-state index is -1.02. The topological polar surface area (TPSA) is 90.8 Å². The Morgan fingerprint density at radius 3 is 2.84 bits per heavy atom. The fourth-order valence-corrected chi connectivity index (χ4v) is 1.76. The van der Waals surface area contributed by atoms with Crippen LogP contribution in [0.5, 0.6) is 0 Å². The molecule has 1 heterocycles. The van der Waals surface area contributed by atoms with Gasteiger partial charge in [0, 0.05) is 18.8 Å². The normalized spacial score (nSPS) is 14.3. The Morgan fingerprint density at radius 1 is 1.42 bits per heavy atom. The number of carboxylic acid groups (broad SMARTS) is 1. The van der Waals surface area contributed by atoms with Crippen LogP contribution >= 0.6 is 0 Å². The number of nitrogens with zero attached hydrogens (tertiary/aromatic N) is 1. The van der Waals surface area contributed by atoms with E-state index in [-0.39, 0.29) is 11.5 Å². The molecular formula is C13H15N3O3.